The van der Waals surface area contributed by atoms with Gasteiger partial charge in [-0.25, -0.2) is 9.79 Å². The zero-order valence-corrected chi connectivity index (χ0v) is 24.5. The van der Waals surface area contributed by atoms with E-state index in [1.807, 2.05) is 13.8 Å². The van der Waals surface area contributed by atoms with Crippen LogP contribution in [-0.2, 0) is 9.53 Å². The van der Waals surface area contributed by atoms with Gasteiger partial charge < -0.3 is 19.3 Å². The summed E-state index contributed by atoms with van der Waals surface area (Å²) >= 11 is 4.15. The maximum atomic E-state index is 13.9. The molecule has 40 heavy (non-hydrogen) atoms. The summed E-state index contributed by atoms with van der Waals surface area (Å²) in [5, 5.41) is 21.9. The molecular formula is C27H26BrN3O8S. The summed E-state index contributed by atoms with van der Waals surface area (Å²) in [6, 6.07) is 6.62. The van der Waals surface area contributed by atoms with E-state index in [1.165, 1.54) is 22.8 Å². The third-order valence-corrected chi connectivity index (χ3v) is 7.56. The number of aromatic hydroxyl groups is 1. The molecule has 1 atom stereocenters. The number of esters is 1. The first-order valence-electron chi connectivity index (χ1n) is 12.4. The van der Waals surface area contributed by atoms with Crippen LogP contribution in [0.3, 0.4) is 0 Å². The summed E-state index contributed by atoms with van der Waals surface area (Å²) in [4.78, 5) is 42.6. The molecule has 0 fully saturated rings. The van der Waals surface area contributed by atoms with Gasteiger partial charge in [0.2, 0.25) is 0 Å². The number of aromatic nitrogens is 1. The van der Waals surface area contributed by atoms with Crippen molar-refractivity contribution >= 4 is 45.0 Å². The van der Waals surface area contributed by atoms with Crippen molar-refractivity contribution in [2.24, 2.45) is 4.99 Å². The van der Waals surface area contributed by atoms with Crippen LogP contribution in [0.2, 0.25) is 0 Å². The van der Waals surface area contributed by atoms with Crippen molar-refractivity contribution in [2.75, 3.05) is 19.8 Å². The molecule has 3 aromatic rings. The van der Waals surface area contributed by atoms with Gasteiger partial charge >= 0.3 is 5.97 Å². The maximum Gasteiger partial charge on any atom is 0.338 e. The smallest absolute Gasteiger partial charge is 0.338 e. The number of phenols is 1. The molecule has 0 amide bonds. The molecule has 0 radical (unpaired) electrons. The molecule has 0 bridgehead atoms. The van der Waals surface area contributed by atoms with Crippen molar-refractivity contribution in [1.82, 2.24) is 4.57 Å². The van der Waals surface area contributed by atoms with Crippen LogP contribution in [0.1, 0.15) is 44.9 Å². The first-order valence-corrected chi connectivity index (χ1v) is 14.0. The highest BCUT2D eigenvalue weighted by Crippen LogP contribution is 2.37. The highest BCUT2D eigenvalue weighted by molar-refractivity contribution is 9.10. The van der Waals surface area contributed by atoms with E-state index < -0.39 is 22.5 Å². The van der Waals surface area contributed by atoms with Crippen LogP contribution in [-0.4, -0.2) is 40.4 Å². The van der Waals surface area contributed by atoms with Crippen LogP contribution < -0.4 is 24.4 Å². The lowest BCUT2D eigenvalue weighted by Crippen LogP contribution is -2.40. The molecule has 1 aliphatic rings. The number of nitro groups is 1. The van der Waals surface area contributed by atoms with Crippen LogP contribution in [0.4, 0.5) is 5.69 Å². The Morgan fingerprint density at radius 1 is 1.18 bits per heavy atom. The number of nitrogens with zero attached hydrogens (tertiary/aromatic N) is 3. The van der Waals surface area contributed by atoms with E-state index in [-0.39, 0.29) is 38.2 Å². The van der Waals surface area contributed by atoms with E-state index in [2.05, 4.69) is 20.9 Å². The molecule has 0 saturated carbocycles. The van der Waals surface area contributed by atoms with E-state index in [9.17, 15) is 24.8 Å². The van der Waals surface area contributed by atoms with E-state index in [1.54, 1.807) is 32.0 Å². The monoisotopic (exact) mass is 631 g/mol. The van der Waals surface area contributed by atoms with Gasteiger partial charge in [0.25, 0.3) is 11.2 Å². The van der Waals surface area contributed by atoms with Crippen LogP contribution in [0.5, 0.6) is 17.2 Å². The number of non-ortho nitro benzene ring substituents is 1. The Kier molecular flexibility index (Phi) is 8.74. The molecule has 1 N–H and O–H groups in total. The van der Waals surface area contributed by atoms with Crippen molar-refractivity contribution in [3.63, 3.8) is 0 Å². The number of allylic oxidation sites excluding steroid dienone is 1. The lowest BCUT2D eigenvalue weighted by atomic mass is 9.95. The summed E-state index contributed by atoms with van der Waals surface area (Å²) < 4.78 is 18.4. The first kappa shape index (κ1) is 29.0. The Labute approximate surface area is 240 Å². The Morgan fingerprint density at radius 2 is 1.88 bits per heavy atom. The van der Waals surface area contributed by atoms with E-state index in [0.717, 1.165) is 11.3 Å². The molecule has 1 aromatic heterocycles. The minimum Gasteiger partial charge on any atom is -0.506 e. The molecule has 0 aliphatic carbocycles. The molecule has 2 aromatic carbocycles. The fraction of sp³-hybridized carbons (Fsp3) is 0.296. The summed E-state index contributed by atoms with van der Waals surface area (Å²) in [5.41, 5.74) is 0.441. The van der Waals surface area contributed by atoms with Gasteiger partial charge in [-0.3, -0.25) is 19.5 Å². The Morgan fingerprint density at radius 3 is 2.52 bits per heavy atom. The number of nitro benzene ring substituents is 1. The highest BCUT2D eigenvalue weighted by atomic mass is 79.9. The average Bonchev–Trinajstić information content (AvgIpc) is 3.21. The van der Waals surface area contributed by atoms with Gasteiger partial charge in [-0.05, 0) is 67.4 Å². The number of carbonyl (C=O) groups excluding carboxylic acids is 1. The van der Waals surface area contributed by atoms with Gasteiger partial charge in [-0.15, -0.1) is 0 Å². The van der Waals surface area contributed by atoms with Crippen molar-refractivity contribution in [3.05, 3.63) is 87.0 Å². The standard InChI is InChI=1S/C27H26BrN3O8S/c1-5-37-19-9-8-15(11-20(19)38-6-2)23-22(26(34)39-7-3)14(4)29-27-30(23)25(33)21(40-27)12-16-10-17(31(35)36)13-18(28)24(16)32/h8-13,23,32H,5-7H2,1-4H3/b21-12-/t23-/m0/s1. The van der Waals surface area contributed by atoms with Crippen LogP contribution >= 0.6 is 27.3 Å². The van der Waals surface area contributed by atoms with E-state index >= 15 is 0 Å². The van der Waals surface area contributed by atoms with Crippen LogP contribution in [0.15, 0.2) is 55.9 Å². The van der Waals surface area contributed by atoms with Gasteiger partial charge in [0.05, 0.1) is 51.1 Å². The Bertz CT molecular complexity index is 1710. The van der Waals surface area contributed by atoms with E-state index in [0.29, 0.717) is 40.8 Å². The number of phenolic OH excluding ortho intramolecular Hbond substituents is 1. The van der Waals surface area contributed by atoms with Gasteiger partial charge in [-0.1, -0.05) is 17.4 Å². The normalized spacial score (nSPS) is 14.9. The molecule has 210 valence electrons. The predicted molar refractivity (Wildman–Crippen MR) is 152 cm³/mol. The van der Waals surface area contributed by atoms with Crippen molar-refractivity contribution in [1.29, 1.82) is 0 Å². The van der Waals surface area contributed by atoms with Gasteiger partial charge in [-0.2, -0.15) is 0 Å². The molecule has 13 heteroatoms. The molecule has 0 spiro atoms. The van der Waals surface area contributed by atoms with Crippen LogP contribution in [0.25, 0.3) is 6.08 Å². The summed E-state index contributed by atoms with van der Waals surface area (Å²) in [7, 11) is 0. The highest BCUT2D eigenvalue weighted by Gasteiger charge is 2.34. The molecule has 2 heterocycles. The van der Waals surface area contributed by atoms with Crippen molar-refractivity contribution < 1.29 is 29.0 Å². The van der Waals surface area contributed by atoms with Crippen molar-refractivity contribution in [2.45, 2.75) is 33.7 Å². The van der Waals surface area contributed by atoms with Gasteiger partial charge in [0.1, 0.15) is 5.75 Å². The van der Waals surface area contributed by atoms with E-state index in [4.69, 9.17) is 14.2 Å². The fourth-order valence-electron chi connectivity index (χ4n) is 4.31. The molecule has 4 rings (SSSR count). The van der Waals surface area contributed by atoms with Crippen LogP contribution in [0, 0.1) is 10.1 Å². The third-order valence-electron chi connectivity index (χ3n) is 5.98. The lowest BCUT2D eigenvalue weighted by molar-refractivity contribution is -0.385. The predicted octanol–water partition coefficient (Wildman–Crippen LogP) is 3.97. The Balaban J connectivity index is 1.99. The maximum absolute atomic E-state index is 13.9. The second-order valence-electron chi connectivity index (χ2n) is 8.50. The molecule has 11 nitrogen and oxygen atoms in total. The lowest BCUT2D eigenvalue weighted by Gasteiger charge is -2.25. The number of benzene rings is 2. The molecule has 0 unspecified atom stereocenters. The van der Waals surface area contributed by atoms with Gasteiger partial charge in [0.15, 0.2) is 16.3 Å². The number of halogens is 1. The number of fused-ring (bicyclic) bond motifs is 1. The number of hydrogen-bond acceptors (Lipinski definition) is 10. The summed E-state index contributed by atoms with van der Waals surface area (Å²) in [6.45, 7) is 7.95. The number of hydrogen-bond donors (Lipinski definition) is 1. The molecule has 0 saturated heterocycles. The second kappa shape index (κ2) is 12.0. The van der Waals surface area contributed by atoms with Crippen molar-refractivity contribution in [3.8, 4) is 17.2 Å². The first-order chi connectivity index (χ1) is 19.1. The largest absolute Gasteiger partial charge is 0.506 e. The number of carbonyl (C=O) groups is 1. The van der Waals surface area contributed by atoms with Gasteiger partial charge in [0, 0.05) is 17.7 Å². The molecular weight excluding hydrogens is 606 g/mol. The number of thiazole rings is 1. The second-order valence-corrected chi connectivity index (χ2v) is 10.4. The summed E-state index contributed by atoms with van der Waals surface area (Å²) in [6.07, 6.45) is 1.36. The zero-order chi connectivity index (χ0) is 29.1. The third kappa shape index (κ3) is 5.52. The topological polar surface area (TPSA) is 142 Å². The summed E-state index contributed by atoms with van der Waals surface area (Å²) in [5.74, 6) is 0.0956. The SMILES string of the molecule is CCOC(=O)C1=C(C)N=c2s/c(=C\c3cc([N+](=O)[O-])cc(Br)c3O)c(=O)n2[C@H]1c1ccc(OCC)c(OCC)c1. The fourth-order valence-corrected chi connectivity index (χ4v) is 5.81. The minimum absolute atomic E-state index is 0.0731. The zero-order valence-electron chi connectivity index (χ0n) is 22.1. The Hall–Kier alpha value is -3.97. The minimum atomic E-state index is -0.905. The average molecular weight is 632 g/mol. The molecule has 1 aliphatic heterocycles. The quantitative estimate of drug-likeness (QED) is 0.212. The number of ether oxygens (including phenoxy) is 3. The number of rotatable bonds is 9.